The van der Waals surface area contributed by atoms with Crippen molar-refractivity contribution < 1.29 is 13.2 Å². The molecule has 2 rings (SSSR count). The largest absolute Gasteiger partial charge is 0.340 e. The molecule has 1 atom stereocenters. The zero-order valence-electron chi connectivity index (χ0n) is 13.4. The van der Waals surface area contributed by atoms with Gasteiger partial charge in [-0.3, -0.25) is 4.79 Å². The smallest absolute Gasteiger partial charge is 0.241 e. The van der Waals surface area contributed by atoms with Crippen molar-refractivity contribution in [1.82, 2.24) is 9.62 Å². The molecule has 0 heterocycles. The number of nitrogens with zero attached hydrogens (tertiary/aromatic N) is 1. The van der Waals surface area contributed by atoms with Crippen molar-refractivity contribution in [3.8, 4) is 0 Å². The summed E-state index contributed by atoms with van der Waals surface area (Å²) in [6.45, 7) is 1.82. The number of nitrogens with one attached hydrogen (secondary N) is 1. The highest BCUT2D eigenvalue weighted by Gasteiger charge is 2.24. The van der Waals surface area contributed by atoms with E-state index < -0.39 is 16.1 Å². The van der Waals surface area contributed by atoms with E-state index in [9.17, 15) is 13.2 Å². The number of rotatable bonds is 6. The van der Waals surface area contributed by atoms with Crippen LogP contribution in [-0.2, 0) is 21.4 Å². The molecule has 0 aliphatic carbocycles. The molecule has 0 bridgehead atoms. The minimum atomic E-state index is -3.74. The van der Waals surface area contributed by atoms with E-state index in [2.05, 4.69) is 4.72 Å². The molecule has 1 amide bonds. The van der Waals surface area contributed by atoms with Crippen LogP contribution < -0.4 is 4.72 Å². The average molecular weight is 367 g/mol. The van der Waals surface area contributed by atoms with Crippen molar-refractivity contribution in [2.45, 2.75) is 24.4 Å². The third kappa shape index (κ3) is 4.56. The van der Waals surface area contributed by atoms with E-state index in [0.29, 0.717) is 11.6 Å². The van der Waals surface area contributed by atoms with Gasteiger partial charge in [-0.25, -0.2) is 8.42 Å². The molecule has 0 aliphatic heterocycles. The topological polar surface area (TPSA) is 66.5 Å². The van der Waals surface area contributed by atoms with E-state index in [1.54, 1.807) is 31.3 Å². The van der Waals surface area contributed by atoms with Gasteiger partial charge in [-0.15, -0.1) is 0 Å². The highest BCUT2D eigenvalue weighted by Crippen LogP contribution is 2.17. The lowest BCUT2D eigenvalue weighted by Crippen LogP contribution is -2.45. The quantitative estimate of drug-likeness (QED) is 0.854. The fourth-order valence-corrected chi connectivity index (χ4v) is 3.65. The summed E-state index contributed by atoms with van der Waals surface area (Å²) in [5.74, 6) is -0.338. The number of likely N-dealkylation sites (N-methyl/N-ethyl adjacent to an activating group) is 1. The van der Waals surface area contributed by atoms with Gasteiger partial charge in [-0.1, -0.05) is 48.0 Å². The Morgan fingerprint density at radius 1 is 1.12 bits per heavy atom. The molecule has 0 fully saturated rings. The van der Waals surface area contributed by atoms with E-state index in [4.69, 9.17) is 11.6 Å². The lowest BCUT2D eigenvalue weighted by Gasteiger charge is -2.22. The zero-order valence-corrected chi connectivity index (χ0v) is 15.0. The Balaban J connectivity index is 2.05. The Bertz CT molecular complexity index is 810. The van der Waals surface area contributed by atoms with Crippen LogP contribution in [0, 0.1) is 0 Å². The molecule has 24 heavy (non-hydrogen) atoms. The van der Waals surface area contributed by atoms with Crippen LogP contribution in [0.4, 0.5) is 0 Å². The van der Waals surface area contributed by atoms with Gasteiger partial charge >= 0.3 is 0 Å². The molecule has 2 aromatic carbocycles. The summed E-state index contributed by atoms with van der Waals surface area (Å²) in [5, 5.41) is 0.565. The highest BCUT2D eigenvalue weighted by atomic mass is 35.5. The average Bonchev–Trinajstić information content (AvgIpc) is 2.56. The van der Waals surface area contributed by atoms with Crippen LogP contribution in [0.1, 0.15) is 12.5 Å². The zero-order chi connectivity index (χ0) is 17.7. The highest BCUT2D eigenvalue weighted by molar-refractivity contribution is 7.89. The molecule has 0 radical (unpaired) electrons. The maximum absolute atomic E-state index is 12.4. The fraction of sp³-hybridized carbons (Fsp3) is 0.235. The molecule has 0 aromatic heterocycles. The molecular weight excluding hydrogens is 348 g/mol. The predicted molar refractivity (Wildman–Crippen MR) is 94.2 cm³/mol. The third-order valence-electron chi connectivity index (χ3n) is 3.50. The number of hydrogen-bond acceptors (Lipinski definition) is 3. The summed E-state index contributed by atoms with van der Waals surface area (Å²) in [7, 11) is -2.13. The second-order valence-electron chi connectivity index (χ2n) is 5.44. The minimum absolute atomic E-state index is 0.124. The van der Waals surface area contributed by atoms with Gasteiger partial charge in [-0.2, -0.15) is 4.72 Å². The van der Waals surface area contributed by atoms with Crippen molar-refractivity contribution in [3.05, 3.63) is 65.2 Å². The Kier molecular flexibility index (Phi) is 5.99. The number of carbonyl (C=O) groups excluding carboxylic acids is 1. The fourth-order valence-electron chi connectivity index (χ4n) is 2.24. The predicted octanol–water partition coefficient (Wildman–Crippen LogP) is 2.67. The van der Waals surface area contributed by atoms with Crippen molar-refractivity contribution in [2.75, 3.05) is 7.05 Å². The van der Waals surface area contributed by atoms with Crippen molar-refractivity contribution >= 4 is 27.5 Å². The summed E-state index contributed by atoms with van der Waals surface area (Å²) in [6.07, 6.45) is 0. The lowest BCUT2D eigenvalue weighted by atomic mass is 10.2. The molecule has 5 nitrogen and oxygen atoms in total. The van der Waals surface area contributed by atoms with E-state index in [0.717, 1.165) is 5.56 Å². The van der Waals surface area contributed by atoms with Crippen LogP contribution in [0.2, 0.25) is 5.02 Å². The maximum atomic E-state index is 12.4. The first-order valence-corrected chi connectivity index (χ1v) is 9.23. The summed E-state index contributed by atoms with van der Waals surface area (Å²) < 4.78 is 27.0. The van der Waals surface area contributed by atoms with Gasteiger partial charge in [0.05, 0.1) is 10.9 Å². The van der Waals surface area contributed by atoms with Crippen LogP contribution in [0.15, 0.2) is 59.5 Å². The van der Waals surface area contributed by atoms with Crippen LogP contribution in [0.5, 0.6) is 0 Å². The molecule has 0 aliphatic rings. The summed E-state index contributed by atoms with van der Waals surface area (Å²) in [6, 6.07) is 14.3. The van der Waals surface area contributed by atoms with E-state index in [1.165, 1.54) is 24.0 Å². The third-order valence-corrected chi connectivity index (χ3v) is 5.42. The van der Waals surface area contributed by atoms with Crippen LogP contribution >= 0.6 is 11.6 Å². The van der Waals surface area contributed by atoms with Gasteiger partial charge in [0.25, 0.3) is 0 Å². The van der Waals surface area contributed by atoms with Gasteiger partial charge in [0.2, 0.25) is 15.9 Å². The normalized spacial score (nSPS) is 12.6. The van der Waals surface area contributed by atoms with Crippen LogP contribution in [-0.4, -0.2) is 32.3 Å². The van der Waals surface area contributed by atoms with Gasteiger partial charge < -0.3 is 4.90 Å². The minimum Gasteiger partial charge on any atom is -0.340 e. The summed E-state index contributed by atoms with van der Waals surface area (Å²) >= 11 is 6.09. The second-order valence-corrected chi connectivity index (χ2v) is 7.56. The molecule has 0 saturated heterocycles. The Morgan fingerprint density at radius 3 is 2.33 bits per heavy atom. The molecule has 0 spiro atoms. The van der Waals surface area contributed by atoms with Gasteiger partial charge in [0.15, 0.2) is 0 Å². The number of halogens is 1. The number of sulfonamides is 1. The van der Waals surface area contributed by atoms with Gasteiger partial charge in [0, 0.05) is 18.6 Å². The Morgan fingerprint density at radius 2 is 1.71 bits per heavy atom. The van der Waals surface area contributed by atoms with Crippen molar-refractivity contribution in [3.63, 3.8) is 0 Å². The molecule has 1 N–H and O–H groups in total. The lowest BCUT2D eigenvalue weighted by molar-refractivity contribution is -0.131. The first-order valence-electron chi connectivity index (χ1n) is 7.37. The molecule has 0 saturated carbocycles. The van der Waals surface area contributed by atoms with Gasteiger partial charge in [0.1, 0.15) is 0 Å². The number of benzene rings is 2. The first-order chi connectivity index (χ1) is 11.3. The molecular formula is C17H19ClN2O3S. The van der Waals surface area contributed by atoms with Crippen LogP contribution in [0.25, 0.3) is 0 Å². The number of amides is 1. The monoisotopic (exact) mass is 366 g/mol. The van der Waals surface area contributed by atoms with E-state index in [1.807, 2.05) is 18.2 Å². The first kappa shape index (κ1) is 18.4. The molecule has 2 aromatic rings. The van der Waals surface area contributed by atoms with Crippen molar-refractivity contribution in [1.29, 1.82) is 0 Å². The van der Waals surface area contributed by atoms with E-state index >= 15 is 0 Å². The molecule has 7 heteroatoms. The Labute approximate surface area is 147 Å². The summed E-state index contributed by atoms with van der Waals surface area (Å²) in [4.78, 5) is 14.0. The SMILES string of the molecule is CC(NS(=O)(=O)c1ccccc1)C(=O)N(C)Cc1ccccc1Cl. The Hall–Kier alpha value is -1.89. The van der Waals surface area contributed by atoms with Crippen LogP contribution in [0.3, 0.4) is 0 Å². The van der Waals surface area contributed by atoms with E-state index in [-0.39, 0.29) is 10.8 Å². The standard InChI is InChI=1S/C17H19ClN2O3S/c1-13(19-24(22,23)15-9-4-3-5-10-15)17(21)20(2)12-14-8-6-7-11-16(14)18/h3-11,13,19H,12H2,1-2H3. The molecule has 1 unspecified atom stereocenters. The number of carbonyl (C=O) groups is 1. The maximum Gasteiger partial charge on any atom is 0.241 e. The van der Waals surface area contributed by atoms with Gasteiger partial charge in [-0.05, 0) is 30.7 Å². The number of hydrogen-bond donors (Lipinski definition) is 1. The summed E-state index contributed by atoms with van der Waals surface area (Å²) in [5.41, 5.74) is 0.799. The second kappa shape index (κ2) is 7.79. The van der Waals surface area contributed by atoms with Crippen molar-refractivity contribution in [2.24, 2.45) is 0 Å². The molecule has 128 valence electrons.